The molecule has 1 nitrogen and oxygen atoms in total. The Balaban J connectivity index is 2.98. The van der Waals surface area contributed by atoms with Crippen LogP contribution in [0.5, 0.6) is 5.75 Å². The highest BCUT2D eigenvalue weighted by Crippen LogP contribution is 2.29. The van der Waals surface area contributed by atoms with Gasteiger partial charge >= 0.3 is 0 Å². The van der Waals surface area contributed by atoms with Gasteiger partial charge in [0.25, 0.3) is 0 Å². The summed E-state index contributed by atoms with van der Waals surface area (Å²) in [5.41, 5.74) is 0. The molecule has 0 atom stereocenters. The average Bonchev–Trinajstić information content (AvgIpc) is 2.02. The Labute approximate surface area is 119 Å². The van der Waals surface area contributed by atoms with Crippen molar-refractivity contribution >= 4 is 67.8 Å². The van der Waals surface area contributed by atoms with Crippen molar-refractivity contribution in [3.8, 4) is 5.75 Å². The lowest BCUT2D eigenvalue weighted by Crippen LogP contribution is -1.97. The van der Waals surface area contributed by atoms with Crippen molar-refractivity contribution in [1.29, 1.82) is 0 Å². The largest absolute Gasteiger partial charge is 0.487 e. The Morgan fingerprint density at radius 2 is 1.77 bits per heavy atom. The Bertz CT molecular complexity index is 300. The topological polar surface area (TPSA) is 9.23 Å². The fourth-order valence-electron chi connectivity index (χ4n) is 0.809. The van der Waals surface area contributed by atoms with E-state index < -0.39 is 0 Å². The fourth-order valence-corrected chi connectivity index (χ4v) is 4.70. The van der Waals surface area contributed by atoms with Crippen LogP contribution in [0.25, 0.3) is 0 Å². The van der Waals surface area contributed by atoms with Crippen LogP contribution < -0.4 is 4.74 Å². The van der Waals surface area contributed by atoms with E-state index in [0.717, 1.165) is 12.9 Å². The molecule has 4 heteroatoms. The van der Waals surface area contributed by atoms with Crippen LogP contribution in [0.15, 0.2) is 24.8 Å². The van der Waals surface area contributed by atoms with Crippen molar-refractivity contribution in [2.75, 3.05) is 6.61 Å². The molecule has 0 unspecified atom stereocenters. The number of benzene rings is 1. The van der Waals surface area contributed by atoms with Gasteiger partial charge in [-0.1, -0.05) is 12.7 Å². The van der Waals surface area contributed by atoms with Gasteiger partial charge in [0.1, 0.15) is 12.4 Å². The van der Waals surface area contributed by atoms with E-state index in [-0.39, 0.29) is 0 Å². The van der Waals surface area contributed by atoms with E-state index in [9.17, 15) is 0 Å². The molecule has 0 amide bonds. The highest BCUT2D eigenvalue weighted by atomic mass is 127. The molecule has 0 aliphatic rings. The molecular formula is C9H7I3O. The molecule has 0 fully saturated rings. The maximum absolute atomic E-state index is 5.54. The summed E-state index contributed by atoms with van der Waals surface area (Å²) in [6.07, 6.45) is 1.75. The molecule has 0 saturated carbocycles. The van der Waals surface area contributed by atoms with Crippen LogP contribution in [0, 0.1) is 10.7 Å². The van der Waals surface area contributed by atoms with Crippen molar-refractivity contribution in [2.24, 2.45) is 0 Å². The van der Waals surface area contributed by atoms with Gasteiger partial charge in [0.15, 0.2) is 0 Å². The van der Waals surface area contributed by atoms with Crippen LogP contribution in [-0.2, 0) is 0 Å². The second-order valence-corrected chi connectivity index (χ2v) is 5.87. The third-order valence-electron chi connectivity index (χ3n) is 1.31. The van der Waals surface area contributed by atoms with E-state index in [2.05, 4.69) is 86.5 Å². The molecule has 0 radical (unpaired) electrons. The lowest BCUT2D eigenvalue weighted by Gasteiger charge is -2.08. The normalized spacial score (nSPS) is 9.77. The lowest BCUT2D eigenvalue weighted by molar-refractivity contribution is 0.358. The zero-order valence-corrected chi connectivity index (χ0v) is 13.2. The monoisotopic (exact) mass is 512 g/mol. The maximum Gasteiger partial charge on any atom is 0.146 e. The summed E-state index contributed by atoms with van der Waals surface area (Å²) in [5.74, 6) is 0.960. The third kappa shape index (κ3) is 3.54. The molecule has 13 heavy (non-hydrogen) atoms. The smallest absolute Gasteiger partial charge is 0.146 e. The van der Waals surface area contributed by atoms with Gasteiger partial charge in [-0.15, -0.1) is 0 Å². The predicted molar refractivity (Wildman–Crippen MR) is 80.3 cm³/mol. The quantitative estimate of drug-likeness (QED) is 0.439. The molecule has 0 aliphatic carbocycles. The van der Waals surface area contributed by atoms with Crippen LogP contribution >= 0.6 is 67.8 Å². The van der Waals surface area contributed by atoms with Gasteiger partial charge in [-0.2, -0.15) is 0 Å². The lowest BCUT2D eigenvalue weighted by atomic mass is 10.3. The van der Waals surface area contributed by atoms with Crippen molar-refractivity contribution in [3.05, 3.63) is 35.5 Å². The zero-order chi connectivity index (χ0) is 9.84. The molecule has 1 aromatic carbocycles. The summed E-state index contributed by atoms with van der Waals surface area (Å²) >= 11 is 6.86. The van der Waals surface area contributed by atoms with Gasteiger partial charge in [-0.25, -0.2) is 0 Å². The first-order chi connectivity index (χ1) is 6.15. The minimum atomic E-state index is 0.562. The summed E-state index contributed by atoms with van der Waals surface area (Å²) in [6.45, 7) is 4.18. The Kier molecular flexibility index (Phi) is 5.31. The Morgan fingerprint density at radius 1 is 1.23 bits per heavy atom. The molecular weight excluding hydrogens is 505 g/mol. The predicted octanol–water partition coefficient (Wildman–Crippen LogP) is 4.07. The molecule has 0 spiro atoms. The molecule has 0 heterocycles. The molecule has 0 N–H and O–H groups in total. The van der Waals surface area contributed by atoms with Crippen molar-refractivity contribution < 1.29 is 4.74 Å². The molecule has 1 aromatic rings. The number of hydrogen-bond acceptors (Lipinski definition) is 1. The Morgan fingerprint density at radius 3 is 2.23 bits per heavy atom. The molecule has 0 aromatic heterocycles. The standard InChI is InChI=1S/C9H7I3O/c1-2-3-13-9-7(11)4-6(10)5-8(9)12/h2,4-5H,1,3H2. The molecule has 0 bridgehead atoms. The first-order valence-electron chi connectivity index (χ1n) is 3.53. The van der Waals surface area contributed by atoms with E-state index in [1.165, 1.54) is 3.57 Å². The molecule has 0 saturated heterocycles. The molecule has 70 valence electrons. The SMILES string of the molecule is C=CCOc1c(I)cc(I)cc1I. The first-order valence-corrected chi connectivity index (χ1v) is 6.77. The second-order valence-electron chi connectivity index (χ2n) is 2.30. The number of hydrogen-bond donors (Lipinski definition) is 0. The average molecular weight is 512 g/mol. The van der Waals surface area contributed by atoms with Gasteiger partial charge in [-0.3, -0.25) is 0 Å². The highest BCUT2D eigenvalue weighted by molar-refractivity contribution is 14.1. The van der Waals surface area contributed by atoms with Crippen LogP contribution in [-0.4, -0.2) is 6.61 Å². The molecule has 1 rings (SSSR count). The number of ether oxygens (including phenoxy) is 1. The van der Waals surface area contributed by atoms with Gasteiger partial charge in [0, 0.05) is 3.57 Å². The number of rotatable bonds is 3. The highest BCUT2D eigenvalue weighted by Gasteiger charge is 2.06. The van der Waals surface area contributed by atoms with Crippen molar-refractivity contribution in [2.45, 2.75) is 0 Å². The van der Waals surface area contributed by atoms with Crippen molar-refractivity contribution in [3.63, 3.8) is 0 Å². The number of halogens is 3. The fraction of sp³-hybridized carbons (Fsp3) is 0.111. The van der Waals surface area contributed by atoms with E-state index in [1.807, 2.05) is 0 Å². The Hall–Kier alpha value is 0.950. The van der Waals surface area contributed by atoms with E-state index in [4.69, 9.17) is 4.74 Å². The summed E-state index contributed by atoms with van der Waals surface area (Å²) in [7, 11) is 0. The van der Waals surface area contributed by atoms with Gasteiger partial charge in [0.05, 0.1) is 7.14 Å². The second kappa shape index (κ2) is 5.74. The minimum Gasteiger partial charge on any atom is -0.487 e. The van der Waals surface area contributed by atoms with Gasteiger partial charge in [0.2, 0.25) is 0 Å². The van der Waals surface area contributed by atoms with E-state index in [0.29, 0.717) is 6.61 Å². The van der Waals surface area contributed by atoms with Crippen LogP contribution in [0.1, 0.15) is 0 Å². The van der Waals surface area contributed by atoms with E-state index in [1.54, 1.807) is 6.08 Å². The van der Waals surface area contributed by atoms with Crippen molar-refractivity contribution in [1.82, 2.24) is 0 Å². The minimum absolute atomic E-state index is 0.562. The third-order valence-corrected chi connectivity index (χ3v) is 3.53. The van der Waals surface area contributed by atoms with Crippen LogP contribution in [0.4, 0.5) is 0 Å². The van der Waals surface area contributed by atoms with E-state index >= 15 is 0 Å². The molecule has 0 aliphatic heterocycles. The first kappa shape index (κ1) is 12.0. The summed E-state index contributed by atoms with van der Waals surface area (Å²) < 4.78 is 9.07. The summed E-state index contributed by atoms with van der Waals surface area (Å²) in [6, 6.07) is 4.20. The van der Waals surface area contributed by atoms with Gasteiger partial charge in [-0.05, 0) is 79.9 Å². The zero-order valence-electron chi connectivity index (χ0n) is 6.69. The summed E-state index contributed by atoms with van der Waals surface area (Å²) in [4.78, 5) is 0. The van der Waals surface area contributed by atoms with Crippen LogP contribution in [0.2, 0.25) is 0 Å². The van der Waals surface area contributed by atoms with Gasteiger partial charge < -0.3 is 4.74 Å². The van der Waals surface area contributed by atoms with Crippen LogP contribution in [0.3, 0.4) is 0 Å². The maximum atomic E-state index is 5.54. The summed E-state index contributed by atoms with van der Waals surface area (Å²) in [5, 5.41) is 0.